The van der Waals surface area contributed by atoms with Crippen LogP contribution in [0.5, 0.6) is 0 Å². The van der Waals surface area contributed by atoms with E-state index in [4.69, 9.17) is 0 Å². The molecular weight excluding hydrogens is 544 g/mol. The zero-order chi connectivity index (χ0) is 25.6. The molecule has 5 rings (SSSR count). The highest BCUT2D eigenvalue weighted by Crippen LogP contribution is 2.35. The third kappa shape index (κ3) is 5.46. The smallest absolute Gasteiger partial charge is 0.264 e. The van der Waals surface area contributed by atoms with Crippen LogP contribution in [0.15, 0.2) is 29.1 Å². The molecule has 0 amide bonds. The monoisotopic (exact) mass is 572 g/mol. The van der Waals surface area contributed by atoms with E-state index in [1.54, 1.807) is 4.90 Å². The molecule has 15 heteroatoms. The fourth-order valence-corrected chi connectivity index (χ4v) is 6.58. The molecule has 12 nitrogen and oxygen atoms in total. The predicted molar refractivity (Wildman–Crippen MR) is 144 cm³/mol. The Balaban J connectivity index is 0.00000320. The molecule has 5 N–H and O–H groups in total. The molecule has 2 fully saturated rings. The third-order valence-corrected chi connectivity index (χ3v) is 9.14. The molecule has 2 aromatic heterocycles. The van der Waals surface area contributed by atoms with Gasteiger partial charge in [0.25, 0.3) is 5.56 Å². The molecule has 37 heavy (non-hydrogen) atoms. The Labute approximate surface area is 223 Å². The van der Waals surface area contributed by atoms with E-state index in [-0.39, 0.29) is 55.9 Å². The van der Waals surface area contributed by atoms with Gasteiger partial charge in [0.05, 0.1) is 28.6 Å². The van der Waals surface area contributed by atoms with Gasteiger partial charge in [0.2, 0.25) is 16.0 Å². The van der Waals surface area contributed by atoms with Gasteiger partial charge < -0.3 is 25.5 Å². The van der Waals surface area contributed by atoms with Crippen LogP contribution in [0.4, 0.5) is 11.8 Å². The van der Waals surface area contributed by atoms with Gasteiger partial charge in [-0.3, -0.25) is 9.78 Å². The summed E-state index contributed by atoms with van der Waals surface area (Å²) in [6, 6.07) is 6.86. The van der Waals surface area contributed by atoms with Gasteiger partial charge in [-0.2, -0.15) is 9.29 Å². The van der Waals surface area contributed by atoms with Crippen LogP contribution in [0.25, 0.3) is 20.8 Å². The van der Waals surface area contributed by atoms with Gasteiger partial charge in [-0.25, -0.2) is 13.4 Å². The Kier molecular flexibility index (Phi) is 8.09. The van der Waals surface area contributed by atoms with Gasteiger partial charge >= 0.3 is 0 Å². The number of anilines is 2. The number of benzene rings is 1. The molecule has 202 valence electrons. The van der Waals surface area contributed by atoms with Crippen molar-refractivity contribution in [1.82, 2.24) is 19.3 Å². The molecule has 0 radical (unpaired) electrons. The Bertz CT molecular complexity index is 1390. The maximum absolute atomic E-state index is 13.4. The summed E-state index contributed by atoms with van der Waals surface area (Å²) < 4.78 is 26.0. The summed E-state index contributed by atoms with van der Waals surface area (Å²) in [5.41, 5.74) is 0.517. The summed E-state index contributed by atoms with van der Waals surface area (Å²) in [7, 11) is -3.32. The molecule has 3 heterocycles. The minimum Gasteiger partial charge on any atom is -0.396 e. The Hall–Kier alpha value is -2.33. The van der Waals surface area contributed by atoms with Gasteiger partial charge in [0.15, 0.2) is 0 Å². The first-order valence-corrected chi connectivity index (χ1v) is 14.3. The van der Waals surface area contributed by atoms with E-state index >= 15 is 0 Å². The second-order valence-electron chi connectivity index (χ2n) is 9.16. The second-order valence-corrected chi connectivity index (χ2v) is 12.2. The van der Waals surface area contributed by atoms with Crippen molar-refractivity contribution in [1.29, 1.82) is 0 Å². The van der Waals surface area contributed by atoms with E-state index < -0.39 is 39.8 Å². The highest BCUT2D eigenvalue weighted by molar-refractivity contribution is 7.88. The summed E-state index contributed by atoms with van der Waals surface area (Å²) in [6.07, 6.45) is -0.815. The van der Waals surface area contributed by atoms with Crippen molar-refractivity contribution in [3.05, 3.63) is 34.6 Å². The molecule has 3 aromatic rings. The lowest BCUT2D eigenvalue weighted by molar-refractivity contribution is 0.00446. The lowest BCUT2D eigenvalue weighted by Gasteiger charge is -2.33. The first-order chi connectivity index (χ1) is 17.2. The van der Waals surface area contributed by atoms with Crippen LogP contribution in [-0.4, -0.2) is 100 Å². The number of para-hydroxylation sites is 1. The maximum atomic E-state index is 13.4. The molecule has 1 aliphatic heterocycles. The summed E-state index contributed by atoms with van der Waals surface area (Å²) in [4.78, 5) is 27.3. The van der Waals surface area contributed by atoms with E-state index in [0.29, 0.717) is 18.1 Å². The van der Waals surface area contributed by atoms with Crippen molar-refractivity contribution >= 4 is 55.7 Å². The summed E-state index contributed by atoms with van der Waals surface area (Å²) >= 11 is 1.34. The summed E-state index contributed by atoms with van der Waals surface area (Å²) in [5.74, 6) is -0.0330. The SMILES string of the molecule is CS(=O)(=O)N1CCN(c2nc(N[C@@H]3C[C@H](CO)[C@@H](O)[C@H]3O)c(-c3nc4ccccc4s3)c(=O)[nH]2)CC1.Cl. The van der Waals surface area contributed by atoms with Crippen LogP contribution in [0, 0.1) is 5.92 Å². The van der Waals surface area contributed by atoms with E-state index in [1.807, 2.05) is 24.3 Å². The average molecular weight is 573 g/mol. The minimum absolute atomic E-state index is 0. The second kappa shape index (κ2) is 10.8. The van der Waals surface area contributed by atoms with Gasteiger partial charge in [0.1, 0.15) is 22.5 Å². The van der Waals surface area contributed by atoms with Crippen LogP contribution in [0.3, 0.4) is 0 Å². The van der Waals surface area contributed by atoms with Crippen LogP contribution in [-0.2, 0) is 10.0 Å². The van der Waals surface area contributed by atoms with Crippen LogP contribution in [0.1, 0.15) is 6.42 Å². The zero-order valence-corrected chi connectivity index (χ0v) is 22.4. The molecule has 1 saturated heterocycles. The number of nitrogens with zero attached hydrogens (tertiary/aromatic N) is 4. The van der Waals surface area contributed by atoms with Gasteiger partial charge in [-0.1, -0.05) is 12.1 Å². The van der Waals surface area contributed by atoms with Gasteiger partial charge in [0, 0.05) is 38.7 Å². The Morgan fingerprint density at radius 1 is 1.14 bits per heavy atom. The van der Waals surface area contributed by atoms with Crippen LogP contribution >= 0.6 is 23.7 Å². The van der Waals surface area contributed by atoms with E-state index in [1.165, 1.54) is 21.9 Å². The first-order valence-electron chi connectivity index (χ1n) is 11.6. The lowest BCUT2D eigenvalue weighted by Crippen LogP contribution is -2.49. The molecule has 0 bridgehead atoms. The van der Waals surface area contributed by atoms with Gasteiger partial charge in [-0.15, -0.1) is 23.7 Å². The average Bonchev–Trinajstić information content (AvgIpc) is 3.39. The number of rotatable bonds is 6. The van der Waals surface area contributed by atoms with Crippen molar-refractivity contribution in [2.45, 2.75) is 24.7 Å². The van der Waals surface area contributed by atoms with Crippen molar-refractivity contribution in [2.24, 2.45) is 5.92 Å². The standard InChI is InChI=1S/C22H28N6O6S2.ClH/c1-36(33,34)28-8-6-27(7-9-28)22-25-19(23-14-10-12(11-29)17(30)18(14)31)16(20(32)26-22)21-24-13-4-2-3-5-15(13)35-21;/h2-5,12,14,17-18,29-31H,6-11H2,1H3,(H2,23,25,26,32);1H/t12-,14-,17-,18+;/m1./s1. The number of thiazole rings is 1. The summed E-state index contributed by atoms with van der Waals surface area (Å²) in [5, 5.41) is 34.0. The maximum Gasteiger partial charge on any atom is 0.264 e. The highest BCUT2D eigenvalue weighted by atomic mass is 35.5. The molecule has 0 spiro atoms. The molecule has 1 saturated carbocycles. The number of H-pyrrole nitrogens is 1. The number of aromatic nitrogens is 3. The van der Waals surface area contributed by atoms with Crippen LogP contribution in [0.2, 0.25) is 0 Å². The number of hydrogen-bond acceptors (Lipinski definition) is 11. The minimum atomic E-state index is -3.32. The molecular formula is C22H29ClN6O6S2. The number of fused-ring (bicyclic) bond motifs is 1. The van der Waals surface area contributed by atoms with Crippen molar-refractivity contribution in [3.63, 3.8) is 0 Å². The van der Waals surface area contributed by atoms with E-state index in [2.05, 4.69) is 20.3 Å². The van der Waals surface area contributed by atoms with E-state index in [0.717, 1.165) is 10.2 Å². The fourth-order valence-electron chi connectivity index (χ4n) is 4.75. The molecule has 0 unspecified atom stereocenters. The third-order valence-electron chi connectivity index (χ3n) is 6.78. The van der Waals surface area contributed by atoms with Crippen LogP contribution < -0.4 is 15.8 Å². The summed E-state index contributed by atoms with van der Waals surface area (Å²) in [6.45, 7) is 0.924. The normalized spacial score (nSPS) is 24.8. The molecule has 1 aromatic carbocycles. The van der Waals surface area contributed by atoms with Crippen molar-refractivity contribution in [3.8, 4) is 10.6 Å². The first kappa shape index (κ1) is 27.7. The quantitative estimate of drug-likeness (QED) is 0.272. The number of nitrogens with one attached hydrogen (secondary N) is 2. The number of aliphatic hydroxyl groups excluding tert-OH is 3. The predicted octanol–water partition coefficient (Wildman–Crippen LogP) is 0.0645. The van der Waals surface area contributed by atoms with Gasteiger partial charge in [-0.05, 0) is 18.6 Å². The molecule has 1 aliphatic carbocycles. The molecule has 2 aliphatic rings. The topological polar surface area (TPSA) is 172 Å². The number of sulfonamides is 1. The van der Waals surface area contributed by atoms with E-state index in [9.17, 15) is 28.5 Å². The highest BCUT2D eigenvalue weighted by Gasteiger charge is 2.41. The lowest BCUT2D eigenvalue weighted by atomic mass is 10.1. The Morgan fingerprint density at radius 3 is 2.46 bits per heavy atom. The Morgan fingerprint density at radius 2 is 1.84 bits per heavy atom. The van der Waals surface area contributed by atoms with Crippen molar-refractivity contribution < 1.29 is 23.7 Å². The van der Waals surface area contributed by atoms with Crippen molar-refractivity contribution in [2.75, 3.05) is 49.3 Å². The molecule has 4 atom stereocenters. The number of halogens is 1. The fraction of sp³-hybridized carbons (Fsp3) is 0.500. The zero-order valence-electron chi connectivity index (χ0n) is 19.9. The largest absolute Gasteiger partial charge is 0.396 e. The number of hydrogen-bond donors (Lipinski definition) is 5. The number of aliphatic hydroxyl groups is 3. The number of piperazine rings is 1. The number of aromatic amines is 1.